The van der Waals surface area contributed by atoms with Crippen LogP contribution in [0.1, 0.15) is 36.4 Å². The first-order valence-electron chi connectivity index (χ1n) is 5.97. The van der Waals surface area contributed by atoms with Crippen LogP contribution in [0.5, 0.6) is 0 Å². The molecule has 0 bridgehead atoms. The summed E-state index contributed by atoms with van der Waals surface area (Å²) in [5, 5.41) is 12.3. The highest BCUT2D eigenvalue weighted by atomic mass is 32.1. The number of carboxylic acids is 1. The zero-order valence-corrected chi connectivity index (χ0v) is 11.0. The first-order chi connectivity index (χ1) is 8.08. The first kappa shape index (κ1) is 12.5. The lowest BCUT2D eigenvalue weighted by Gasteiger charge is -2.33. The highest BCUT2D eigenvalue weighted by molar-refractivity contribution is 7.09. The maximum atomic E-state index is 10.9. The summed E-state index contributed by atoms with van der Waals surface area (Å²) in [6.45, 7) is 5.49. The Morgan fingerprint density at radius 2 is 2.24 bits per heavy atom. The Bertz CT molecular complexity index is 397. The minimum Gasteiger partial charge on any atom is -0.480 e. The van der Waals surface area contributed by atoms with Crippen LogP contribution < -0.4 is 0 Å². The summed E-state index contributed by atoms with van der Waals surface area (Å²) in [5.41, 5.74) is 1.09. The maximum Gasteiger partial charge on any atom is 0.320 e. The number of likely N-dealkylation sites (tertiary alicyclic amines) is 1. The number of hydrogen-bond donors (Lipinski definition) is 1. The molecule has 0 saturated carbocycles. The van der Waals surface area contributed by atoms with Crippen molar-refractivity contribution in [1.29, 1.82) is 0 Å². The second-order valence-electron chi connectivity index (χ2n) is 4.65. The molecule has 1 aromatic rings. The molecule has 2 heterocycles. The Labute approximate surface area is 105 Å². The van der Waals surface area contributed by atoms with E-state index >= 15 is 0 Å². The SMILES string of the molecule is Cc1csc(C2CCN([C@@H](C)C(=O)O)CC2)n1. The van der Waals surface area contributed by atoms with E-state index < -0.39 is 5.97 Å². The van der Waals surface area contributed by atoms with Gasteiger partial charge in [-0.05, 0) is 39.8 Å². The van der Waals surface area contributed by atoms with Crippen LogP contribution in [-0.2, 0) is 4.79 Å². The standard InChI is InChI=1S/C12H18N2O2S/c1-8-7-17-11(13-8)10-3-5-14(6-4-10)9(2)12(15)16/h7,9-10H,3-6H2,1-2H3,(H,15,16)/t9-/m0/s1. The zero-order valence-electron chi connectivity index (χ0n) is 10.2. The number of carbonyl (C=O) groups is 1. The molecule has 1 N–H and O–H groups in total. The molecule has 0 aromatic carbocycles. The van der Waals surface area contributed by atoms with E-state index in [0.29, 0.717) is 5.92 Å². The number of carboxylic acid groups (broad SMARTS) is 1. The molecule has 0 radical (unpaired) electrons. The van der Waals surface area contributed by atoms with Crippen LogP contribution >= 0.6 is 11.3 Å². The molecular weight excluding hydrogens is 236 g/mol. The molecule has 2 rings (SSSR count). The van der Waals surface area contributed by atoms with Gasteiger partial charge >= 0.3 is 5.97 Å². The fourth-order valence-corrected chi connectivity index (χ4v) is 3.22. The van der Waals surface area contributed by atoms with Gasteiger partial charge in [0.05, 0.1) is 5.01 Å². The largest absolute Gasteiger partial charge is 0.480 e. The van der Waals surface area contributed by atoms with Crippen molar-refractivity contribution in [3.05, 3.63) is 16.1 Å². The van der Waals surface area contributed by atoms with Crippen molar-refractivity contribution in [1.82, 2.24) is 9.88 Å². The molecule has 1 atom stereocenters. The number of piperidine rings is 1. The molecule has 0 spiro atoms. The molecule has 17 heavy (non-hydrogen) atoms. The Hall–Kier alpha value is -0.940. The number of aryl methyl sites for hydroxylation is 1. The highest BCUT2D eigenvalue weighted by Gasteiger charge is 2.27. The summed E-state index contributed by atoms with van der Waals surface area (Å²) in [6.07, 6.45) is 2.04. The van der Waals surface area contributed by atoms with E-state index in [4.69, 9.17) is 5.11 Å². The second-order valence-corrected chi connectivity index (χ2v) is 5.54. The normalized spacial score (nSPS) is 20.4. The van der Waals surface area contributed by atoms with Gasteiger partial charge in [-0.1, -0.05) is 0 Å². The van der Waals surface area contributed by atoms with Gasteiger partial charge in [-0.3, -0.25) is 9.69 Å². The average molecular weight is 254 g/mol. The van der Waals surface area contributed by atoms with Gasteiger partial charge in [0, 0.05) is 17.0 Å². The van der Waals surface area contributed by atoms with Gasteiger partial charge in [0.15, 0.2) is 0 Å². The van der Waals surface area contributed by atoms with Crippen LogP contribution in [0.15, 0.2) is 5.38 Å². The van der Waals surface area contributed by atoms with E-state index in [9.17, 15) is 4.79 Å². The number of thiazole rings is 1. The Morgan fingerprint density at radius 1 is 1.59 bits per heavy atom. The zero-order chi connectivity index (χ0) is 12.4. The fraction of sp³-hybridized carbons (Fsp3) is 0.667. The molecule has 1 aliphatic rings. The topological polar surface area (TPSA) is 53.4 Å². The van der Waals surface area contributed by atoms with E-state index in [1.54, 1.807) is 18.3 Å². The molecule has 94 valence electrons. The highest BCUT2D eigenvalue weighted by Crippen LogP contribution is 2.30. The molecule has 4 nitrogen and oxygen atoms in total. The van der Waals surface area contributed by atoms with Crippen LogP contribution in [0.2, 0.25) is 0 Å². The minimum atomic E-state index is -0.728. The lowest BCUT2D eigenvalue weighted by molar-refractivity contribution is -0.143. The lowest BCUT2D eigenvalue weighted by atomic mass is 9.96. The molecule has 1 aliphatic heterocycles. The molecule has 1 aromatic heterocycles. The first-order valence-corrected chi connectivity index (χ1v) is 6.84. The van der Waals surface area contributed by atoms with Gasteiger partial charge in [-0.15, -0.1) is 11.3 Å². The summed E-state index contributed by atoms with van der Waals surface area (Å²) in [5.74, 6) is -0.209. The molecule has 1 fully saturated rings. The number of rotatable bonds is 3. The van der Waals surface area contributed by atoms with Crippen molar-refractivity contribution in [3.8, 4) is 0 Å². The quantitative estimate of drug-likeness (QED) is 0.897. The van der Waals surface area contributed by atoms with E-state index in [-0.39, 0.29) is 6.04 Å². The number of aromatic nitrogens is 1. The van der Waals surface area contributed by atoms with Crippen molar-refractivity contribution in [2.24, 2.45) is 0 Å². The van der Waals surface area contributed by atoms with Crippen LogP contribution in [0.4, 0.5) is 0 Å². The Morgan fingerprint density at radius 3 is 2.71 bits per heavy atom. The van der Waals surface area contributed by atoms with Gasteiger partial charge in [-0.25, -0.2) is 4.98 Å². The van der Waals surface area contributed by atoms with E-state index in [1.807, 2.05) is 11.8 Å². The average Bonchev–Trinajstić information content (AvgIpc) is 2.75. The van der Waals surface area contributed by atoms with Crippen molar-refractivity contribution < 1.29 is 9.90 Å². The van der Waals surface area contributed by atoms with Crippen molar-refractivity contribution in [2.75, 3.05) is 13.1 Å². The summed E-state index contributed by atoms with van der Waals surface area (Å²) >= 11 is 1.73. The summed E-state index contributed by atoms with van der Waals surface area (Å²) in [6, 6.07) is -0.367. The maximum absolute atomic E-state index is 10.9. The molecular formula is C12H18N2O2S. The number of aliphatic carboxylic acids is 1. The molecule has 0 aliphatic carbocycles. The predicted molar refractivity (Wildman–Crippen MR) is 67.5 cm³/mol. The second kappa shape index (κ2) is 5.14. The van der Waals surface area contributed by atoms with Gasteiger partial charge in [0.25, 0.3) is 0 Å². The molecule has 5 heteroatoms. The Kier molecular flexibility index (Phi) is 3.79. The van der Waals surface area contributed by atoms with Crippen molar-refractivity contribution >= 4 is 17.3 Å². The van der Waals surface area contributed by atoms with Crippen molar-refractivity contribution in [3.63, 3.8) is 0 Å². The van der Waals surface area contributed by atoms with E-state index in [2.05, 4.69) is 10.4 Å². The number of hydrogen-bond acceptors (Lipinski definition) is 4. The van der Waals surface area contributed by atoms with Crippen LogP contribution in [0.25, 0.3) is 0 Å². The molecule has 0 amide bonds. The van der Waals surface area contributed by atoms with Gasteiger partial charge in [-0.2, -0.15) is 0 Å². The fourth-order valence-electron chi connectivity index (χ4n) is 2.25. The summed E-state index contributed by atoms with van der Waals surface area (Å²) in [4.78, 5) is 17.5. The lowest BCUT2D eigenvalue weighted by Crippen LogP contribution is -2.43. The van der Waals surface area contributed by atoms with Crippen LogP contribution in [0.3, 0.4) is 0 Å². The third kappa shape index (κ3) is 2.84. The Balaban J connectivity index is 1.92. The monoisotopic (exact) mass is 254 g/mol. The summed E-state index contributed by atoms with van der Waals surface area (Å²) < 4.78 is 0. The van der Waals surface area contributed by atoms with Gasteiger partial charge in [0.1, 0.15) is 6.04 Å². The van der Waals surface area contributed by atoms with Gasteiger partial charge < -0.3 is 5.11 Å². The number of nitrogens with zero attached hydrogens (tertiary/aromatic N) is 2. The third-order valence-electron chi connectivity index (χ3n) is 3.42. The molecule has 0 unspecified atom stereocenters. The predicted octanol–water partition coefficient (Wildman–Crippen LogP) is 2.10. The minimum absolute atomic E-state index is 0.367. The molecule has 1 saturated heterocycles. The van der Waals surface area contributed by atoms with Crippen LogP contribution in [0, 0.1) is 6.92 Å². The van der Waals surface area contributed by atoms with E-state index in [1.165, 1.54) is 5.01 Å². The van der Waals surface area contributed by atoms with E-state index in [0.717, 1.165) is 31.6 Å². The van der Waals surface area contributed by atoms with Crippen LogP contribution in [-0.4, -0.2) is 40.1 Å². The third-order valence-corrected chi connectivity index (χ3v) is 4.55. The van der Waals surface area contributed by atoms with Gasteiger partial charge in [0.2, 0.25) is 0 Å². The van der Waals surface area contributed by atoms with Crippen molar-refractivity contribution in [2.45, 2.75) is 38.6 Å². The summed E-state index contributed by atoms with van der Waals surface area (Å²) in [7, 11) is 0. The smallest absolute Gasteiger partial charge is 0.320 e.